The molecule has 0 saturated heterocycles. The third-order valence-corrected chi connectivity index (χ3v) is 3.20. The molecule has 0 aromatic heterocycles. The van der Waals surface area contributed by atoms with Crippen molar-refractivity contribution in [1.29, 1.82) is 0 Å². The Bertz CT molecular complexity index is 169. The molecule has 0 bridgehead atoms. The molecule has 0 radical (unpaired) electrons. The predicted octanol–water partition coefficient (Wildman–Crippen LogP) is 1.72. The zero-order valence-corrected chi connectivity index (χ0v) is 8.37. The summed E-state index contributed by atoms with van der Waals surface area (Å²) in [4.78, 5) is 0. The van der Waals surface area contributed by atoms with Crippen molar-refractivity contribution in [2.75, 3.05) is 6.61 Å². The Labute approximate surface area is 80.3 Å². The molecule has 2 N–H and O–H groups in total. The van der Waals surface area contributed by atoms with Crippen LogP contribution in [0.4, 0.5) is 0 Å². The summed E-state index contributed by atoms with van der Waals surface area (Å²) in [6.07, 6.45) is 3.79. The van der Waals surface area contributed by atoms with Crippen molar-refractivity contribution in [3.63, 3.8) is 0 Å². The quantitative estimate of drug-likeness (QED) is 0.656. The zero-order valence-electron chi connectivity index (χ0n) is 8.37. The van der Waals surface area contributed by atoms with Gasteiger partial charge in [0.15, 0.2) is 0 Å². The summed E-state index contributed by atoms with van der Waals surface area (Å²) in [5, 5.41) is 18.2. The van der Waals surface area contributed by atoms with E-state index in [0.29, 0.717) is 11.8 Å². The highest BCUT2D eigenvalue weighted by molar-refractivity contribution is 4.98. The molecule has 13 heavy (non-hydrogen) atoms. The number of aliphatic hydroxyl groups is 2. The number of hydrogen-bond acceptors (Lipinski definition) is 2. The van der Waals surface area contributed by atoms with Crippen LogP contribution in [0.1, 0.15) is 32.6 Å². The van der Waals surface area contributed by atoms with Crippen molar-refractivity contribution in [1.82, 2.24) is 0 Å². The van der Waals surface area contributed by atoms with Gasteiger partial charge in [0.1, 0.15) is 0 Å². The smallest absolute Gasteiger partial charge is 0.0799 e. The molecule has 1 rings (SSSR count). The fraction of sp³-hybridized carbons (Fsp3) is 0.818. The molecule has 1 fully saturated rings. The molecule has 1 aliphatic rings. The second-order valence-corrected chi connectivity index (χ2v) is 4.21. The Hall–Kier alpha value is -0.340. The molecule has 0 heterocycles. The van der Waals surface area contributed by atoms with Crippen LogP contribution in [0.3, 0.4) is 0 Å². The molecule has 1 unspecified atom stereocenters. The summed E-state index contributed by atoms with van der Waals surface area (Å²) < 4.78 is 0. The van der Waals surface area contributed by atoms with Gasteiger partial charge in [-0.15, -0.1) is 0 Å². The summed E-state index contributed by atoms with van der Waals surface area (Å²) >= 11 is 0. The van der Waals surface area contributed by atoms with Crippen molar-refractivity contribution in [2.24, 2.45) is 11.8 Å². The highest BCUT2D eigenvalue weighted by Crippen LogP contribution is 2.33. The molecule has 0 aromatic carbocycles. The first-order chi connectivity index (χ1) is 6.15. The second kappa shape index (κ2) is 4.77. The van der Waals surface area contributed by atoms with Gasteiger partial charge in [-0.2, -0.15) is 0 Å². The molecule has 0 aromatic rings. The lowest BCUT2D eigenvalue weighted by atomic mass is 9.77. The van der Waals surface area contributed by atoms with Crippen molar-refractivity contribution in [3.8, 4) is 0 Å². The van der Waals surface area contributed by atoms with Crippen molar-refractivity contribution < 1.29 is 10.2 Å². The monoisotopic (exact) mass is 184 g/mol. The third kappa shape index (κ3) is 2.82. The van der Waals surface area contributed by atoms with E-state index in [9.17, 15) is 5.11 Å². The Morgan fingerprint density at radius 2 is 1.92 bits per heavy atom. The fourth-order valence-electron chi connectivity index (χ4n) is 2.15. The molecule has 0 spiro atoms. The van der Waals surface area contributed by atoms with Crippen LogP contribution in [0.25, 0.3) is 0 Å². The first-order valence-electron chi connectivity index (χ1n) is 5.09. The van der Waals surface area contributed by atoms with Gasteiger partial charge in [-0.1, -0.05) is 12.2 Å². The van der Waals surface area contributed by atoms with Crippen molar-refractivity contribution in [3.05, 3.63) is 12.2 Å². The van der Waals surface area contributed by atoms with E-state index in [-0.39, 0.29) is 6.61 Å². The van der Waals surface area contributed by atoms with E-state index >= 15 is 0 Å². The van der Waals surface area contributed by atoms with E-state index in [2.05, 4.69) is 13.5 Å². The van der Waals surface area contributed by atoms with Gasteiger partial charge in [-0.25, -0.2) is 0 Å². The lowest BCUT2D eigenvalue weighted by molar-refractivity contribution is 0.0281. The molecular formula is C11H20O2. The van der Waals surface area contributed by atoms with Gasteiger partial charge in [0.25, 0.3) is 0 Å². The number of rotatable bonds is 3. The molecule has 2 nitrogen and oxygen atoms in total. The Morgan fingerprint density at radius 1 is 1.38 bits per heavy atom. The van der Waals surface area contributed by atoms with Crippen LogP contribution in [0.2, 0.25) is 0 Å². The summed E-state index contributed by atoms with van der Waals surface area (Å²) in [6, 6.07) is 0. The lowest BCUT2D eigenvalue weighted by Crippen LogP contribution is -2.28. The van der Waals surface area contributed by atoms with E-state index in [1.54, 1.807) is 0 Å². The highest BCUT2D eigenvalue weighted by atomic mass is 16.3. The Balaban J connectivity index is 2.34. The minimum absolute atomic E-state index is 0.0948. The van der Waals surface area contributed by atoms with Crippen LogP contribution < -0.4 is 0 Å². The first kappa shape index (κ1) is 10.7. The lowest BCUT2D eigenvalue weighted by Gasteiger charge is -2.30. The average molecular weight is 184 g/mol. The maximum atomic E-state index is 9.44. The van der Waals surface area contributed by atoms with Gasteiger partial charge in [0.2, 0.25) is 0 Å². The maximum Gasteiger partial charge on any atom is 0.0799 e. The predicted molar refractivity (Wildman–Crippen MR) is 53.4 cm³/mol. The Kier molecular flexibility index (Phi) is 3.94. The van der Waals surface area contributed by atoms with Crippen molar-refractivity contribution in [2.45, 2.75) is 38.7 Å². The van der Waals surface area contributed by atoms with Crippen molar-refractivity contribution >= 4 is 0 Å². The van der Waals surface area contributed by atoms with E-state index < -0.39 is 6.10 Å². The van der Waals surface area contributed by atoms with Crippen LogP contribution >= 0.6 is 0 Å². The summed E-state index contributed by atoms with van der Waals surface area (Å²) in [5.74, 6) is 0.947. The first-order valence-corrected chi connectivity index (χ1v) is 5.09. The van der Waals surface area contributed by atoms with E-state index in [4.69, 9.17) is 5.11 Å². The highest BCUT2D eigenvalue weighted by Gasteiger charge is 2.25. The van der Waals surface area contributed by atoms with Gasteiger partial charge in [-0.05, 0) is 44.4 Å². The molecular weight excluding hydrogens is 164 g/mol. The molecule has 76 valence electrons. The van der Waals surface area contributed by atoms with Gasteiger partial charge in [0, 0.05) is 0 Å². The van der Waals surface area contributed by atoms with Crippen LogP contribution in [-0.2, 0) is 0 Å². The molecule has 0 amide bonds. The van der Waals surface area contributed by atoms with Crippen LogP contribution in [-0.4, -0.2) is 22.9 Å². The summed E-state index contributed by atoms with van der Waals surface area (Å²) in [7, 11) is 0. The molecule has 1 atom stereocenters. The van der Waals surface area contributed by atoms with Gasteiger partial charge >= 0.3 is 0 Å². The molecule has 1 saturated carbocycles. The van der Waals surface area contributed by atoms with E-state index in [1.807, 2.05) is 0 Å². The topological polar surface area (TPSA) is 40.5 Å². The SMILES string of the molecule is C=C(C)C1CCC(C(O)CO)CC1. The normalized spacial score (nSPS) is 31.3. The molecule has 1 aliphatic carbocycles. The van der Waals surface area contributed by atoms with E-state index in [0.717, 1.165) is 25.7 Å². The zero-order chi connectivity index (χ0) is 9.84. The number of hydrogen-bond donors (Lipinski definition) is 2. The van der Waals surface area contributed by atoms with Gasteiger partial charge in [-0.3, -0.25) is 0 Å². The maximum absolute atomic E-state index is 9.44. The minimum Gasteiger partial charge on any atom is -0.394 e. The molecule has 2 heteroatoms. The van der Waals surface area contributed by atoms with Gasteiger partial charge < -0.3 is 10.2 Å². The fourth-order valence-corrected chi connectivity index (χ4v) is 2.15. The van der Waals surface area contributed by atoms with Crippen LogP contribution in [0, 0.1) is 11.8 Å². The van der Waals surface area contributed by atoms with E-state index in [1.165, 1.54) is 5.57 Å². The average Bonchev–Trinajstić information content (AvgIpc) is 2.17. The van der Waals surface area contributed by atoms with Gasteiger partial charge in [0.05, 0.1) is 12.7 Å². The Morgan fingerprint density at radius 3 is 2.31 bits per heavy atom. The van der Waals surface area contributed by atoms with Crippen LogP contribution in [0.15, 0.2) is 12.2 Å². The minimum atomic E-state index is -0.508. The third-order valence-electron chi connectivity index (χ3n) is 3.20. The summed E-state index contributed by atoms with van der Waals surface area (Å²) in [5.41, 5.74) is 1.26. The number of aliphatic hydroxyl groups excluding tert-OH is 2. The standard InChI is InChI=1S/C11H20O2/c1-8(2)9-3-5-10(6-4-9)11(13)7-12/h9-13H,1,3-7H2,2H3. The largest absolute Gasteiger partial charge is 0.394 e. The molecule has 0 aliphatic heterocycles. The number of allylic oxidation sites excluding steroid dienone is 1. The van der Waals surface area contributed by atoms with Crippen LogP contribution in [0.5, 0.6) is 0 Å². The second-order valence-electron chi connectivity index (χ2n) is 4.21. The summed E-state index contributed by atoms with van der Waals surface area (Å²) in [6.45, 7) is 5.94.